The van der Waals surface area contributed by atoms with Gasteiger partial charge in [0.15, 0.2) is 0 Å². The third-order valence-electron chi connectivity index (χ3n) is 5.21. The van der Waals surface area contributed by atoms with Gasteiger partial charge in [0, 0.05) is 11.6 Å². The second-order valence-electron chi connectivity index (χ2n) is 6.15. The summed E-state index contributed by atoms with van der Waals surface area (Å²) >= 11 is 0. The number of nitrogens with two attached hydrogens (primary N) is 1. The van der Waals surface area contributed by atoms with Crippen molar-refractivity contribution in [3.63, 3.8) is 0 Å². The highest BCUT2D eigenvalue weighted by atomic mass is 16.5. The number of rotatable bonds is 2. The van der Waals surface area contributed by atoms with Crippen LogP contribution >= 0.6 is 0 Å². The first-order valence-corrected chi connectivity index (χ1v) is 7.36. The Morgan fingerprint density at radius 2 is 2.00 bits per heavy atom. The predicted molar refractivity (Wildman–Crippen MR) is 71.5 cm³/mol. The molecule has 2 nitrogen and oxygen atoms in total. The SMILES string of the molecule is NC(c1cccc2c1OCCC2)C1C2CCCC21. The molecule has 1 aliphatic heterocycles. The number of fused-ring (bicyclic) bond motifs is 2. The molecule has 0 radical (unpaired) electrons. The van der Waals surface area contributed by atoms with Crippen LogP contribution in [0.3, 0.4) is 0 Å². The molecule has 3 aliphatic rings. The van der Waals surface area contributed by atoms with Gasteiger partial charge >= 0.3 is 0 Å². The molecule has 0 aromatic heterocycles. The quantitative estimate of drug-likeness (QED) is 0.866. The van der Waals surface area contributed by atoms with Crippen molar-refractivity contribution in [1.82, 2.24) is 0 Å². The van der Waals surface area contributed by atoms with Crippen molar-refractivity contribution in [2.75, 3.05) is 6.61 Å². The minimum absolute atomic E-state index is 0.202. The summed E-state index contributed by atoms with van der Waals surface area (Å²) < 4.78 is 5.90. The van der Waals surface area contributed by atoms with Crippen LogP contribution in [0.1, 0.15) is 42.9 Å². The number of aryl methyl sites for hydroxylation is 1. The molecule has 2 fully saturated rings. The smallest absolute Gasteiger partial charge is 0.127 e. The van der Waals surface area contributed by atoms with Crippen LogP contribution in [-0.4, -0.2) is 6.61 Å². The topological polar surface area (TPSA) is 35.2 Å². The Kier molecular flexibility index (Phi) is 2.41. The van der Waals surface area contributed by atoms with Crippen molar-refractivity contribution in [2.45, 2.75) is 38.1 Å². The molecule has 4 rings (SSSR count). The van der Waals surface area contributed by atoms with E-state index in [1.54, 1.807) is 0 Å². The summed E-state index contributed by atoms with van der Waals surface area (Å²) in [7, 11) is 0. The molecule has 3 unspecified atom stereocenters. The maximum absolute atomic E-state index is 6.53. The largest absolute Gasteiger partial charge is 0.493 e. The monoisotopic (exact) mass is 243 g/mol. The van der Waals surface area contributed by atoms with Crippen molar-refractivity contribution >= 4 is 0 Å². The molecule has 1 aromatic rings. The molecule has 2 heteroatoms. The number of benzene rings is 1. The lowest BCUT2D eigenvalue weighted by atomic mass is 9.93. The molecule has 2 aliphatic carbocycles. The van der Waals surface area contributed by atoms with Gasteiger partial charge in [0.25, 0.3) is 0 Å². The highest BCUT2D eigenvalue weighted by molar-refractivity contribution is 5.45. The summed E-state index contributed by atoms with van der Waals surface area (Å²) in [6.07, 6.45) is 6.51. The van der Waals surface area contributed by atoms with E-state index in [0.29, 0.717) is 0 Å². The van der Waals surface area contributed by atoms with E-state index in [9.17, 15) is 0 Å². The summed E-state index contributed by atoms with van der Waals surface area (Å²) in [6, 6.07) is 6.73. The van der Waals surface area contributed by atoms with Crippen molar-refractivity contribution < 1.29 is 4.74 Å². The Bertz CT molecular complexity index is 460. The molecule has 0 amide bonds. The molecule has 0 saturated heterocycles. The van der Waals surface area contributed by atoms with Crippen LogP contribution in [0.15, 0.2) is 18.2 Å². The molecule has 96 valence electrons. The third kappa shape index (κ3) is 1.51. The van der Waals surface area contributed by atoms with Crippen LogP contribution in [0.5, 0.6) is 5.75 Å². The molecule has 3 atom stereocenters. The zero-order valence-electron chi connectivity index (χ0n) is 10.8. The van der Waals surface area contributed by atoms with E-state index in [4.69, 9.17) is 10.5 Å². The molecule has 0 bridgehead atoms. The molecule has 1 heterocycles. The summed E-state index contributed by atoms with van der Waals surface area (Å²) in [5, 5.41) is 0. The van der Waals surface area contributed by atoms with Gasteiger partial charge < -0.3 is 10.5 Å². The van der Waals surface area contributed by atoms with Gasteiger partial charge in [-0.05, 0) is 49.0 Å². The summed E-state index contributed by atoms with van der Waals surface area (Å²) in [5.41, 5.74) is 9.17. The van der Waals surface area contributed by atoms with E-state index >= 15 is 0 Å². The van der Waals surface area contributed by atoms with Crippen molar-refractivity contribution in [2.24, 2.45) is 23.5 Å². The lowest BCUT2D eigenvalue weighted by molar-refractivity contribution is 0.281. The fourth-order valence-corrected chi connectivity index (χ4v) is 4.29. The second-order valence-corrected chi connectivity index (χ2v) is 6.15. The fourth-order valence-electron chi connectivity index (χ4n) is 4.29. The van der Waals surface area contributed by atoms with Gasteiger partial charge in [-0.25, -0.2) is 0 Å². The number of ether oxygens (including phenoxy) is 1. The first-order chi connectivity index (χ1) is 8.86. The van der Waals surface area contributed by atoms with Crippen molar-refractivity contribution in [3.8, 4) is 5.75 Å². The van der Waals surface area contributed by atoms with Crippen LogP contribution in [0.25, 0.3) is 0 Å². The van der Waals surface area contributed by atoms with E-state index < -0.39 is 0 Å². The minimum atomic E-state index is 0.202. The van der Waals surface area contributed by atoms with Gasteiger partial charge in [0.1, 0.15) is 5.75 Å². The average Bonchev–Trinajstić information content (AvgIpc) is 2.90. The fraction of sp³-hybridized carbons (Fsp3) is 0.625. The van der Waals surface area contributed by atoms with E-state index in [-0.39, 0.29) is 6.04 Å². The average molecular weight is 243 g/mol. The van der Waals surface area contributed by atoms with E-state index in [1.807, 2.05) is 0 Å². The van der Waals surface area contributed by atoms with Crippen LogP contribution in [0.4, 0.5) is 0 Å². The molecule has 1 aromatic carbocycles. The molecule has 2 N–H and O–H groups in total. The van der Waals surface area contributed by atoms with Gasteiger partial charge in [-0.2, -0.15) is 0 Å². The lowest BCUT2D eigenvalue weighted by Gasteiger charge is -2.24. The van der Waals surface area contributed by atoms with Gasteiger partial charge in [0.05, 0.1) is 6.61 Å². The molecular weight excluding hydrogens is 222 g/mol. The Hall–Kier alpha value is -1.02. The maximum atomic E-state index is 6.53. The van der Waals surface area contributed by atoms with Gasteiger partial charge in [-0.15, -0.1) is 0 Å². The summed E-state index contributed by atoms with van der Waals surface area (Å²) in [5.74, 6) is 3.68. The second kappa shape index (κ2) is 3.99. The van der Waals surface area contributed by atoms with Gasteiger partial charge in [-0.3, -0.25) is 0 Å². The Balaban J connectivity index is 1.64. The first-order valence-electron chi connectivity index (χ1n) is 7.36. The summed E-state index contributed by atoms with van der Waals surface area (Å²) in [4.78, 5) is 0. The van der Waals surface area contributed by atoms with Crippen LogP contribution in [0, 0.1) is 17.8 Å². The van der Waals surface area contributed by atoms with Gasteiger partial charge in [0.2, 0.25) is 0 Å². The van der Waals surface area contributed by atoms with E-state index in [2.05, 4.69) is 18.2 Å². The molecule has 18 heavy (non-hydrogen) atoms. The number of para-hydroxylation sites is 1. The minimum Gasteiger partial charge on any atom is -0.493 e. The van der Waals surface area contributed by atoms with Crippen molar-refractivity contribution in [3.05, 3.63) is 29.3 Å². The standard InChI is InChI=1S/C16H21NO/c17-15(14-11-6-2-7-12(11)14)13-8-1-4-10-5-3-9-18-16(10)13/h1,4,8,11-12,14-15H,2-3,5-7,9,17H2. The van der Waals surface area contributed by atoms with E-state index in [1.165, 1.54) is 30.4 Å². The zero-order chi connectivity index (χ0) is 12.1. The Morgan fingerprint density at radius 1 is 1.17 bits per heavy atom. The highest BCUT2D eigenvalue weighted by Crippen LogP contribution is 2.62. The third-order valence-corrected chi connectivity index (χ3v) is 5.21. The lowest BCUT2D eigenvalue weighted by Crippen LogP contribution is -2.19. The summed E-state index contributed by atoms with van der Waals surface area (Å²) in [6.45, 7) is 0.855. The zero-order valence-corrected chi connectivity index (χ0v) is 10.8. The van der Waals surface area contributed by atoms with Crippen molar-refractivity contribution in [1.29, 1.82) is 0 Å². The number of hydrogen-bond acceptors (Lipinski definition) is 2. The Labute approximate surface area is 109 Å². The van der Waals surface area contributed by atoms with E-state index in [0.717, 1.165) is 43.0 Å². The van der Waals surface area contributed by atoms with Crippen LogP contribution in [0.2, 0.25) is 0 Å². The molecule has 2 saturated carbocycles. The molecular formula is C16H21NO. The van der Waals surface area contributed by atoms with Crippen LogP contribution < -0.4 is 10.5 Å². The van der Waals surface area contributed by atoms with Crippen LogP contribution in [-0.2, 0) is 6.42 Å². The van der Waals surface area contributed by atoms with Gasteiger partial charge in [-0.1, -0.05) is 24.6 Å². The highest BCUT2D eigenvalue weighted by Gasteiger charge is 2.55. The molecule has 0 spiro atoms. The number of hydrogen-bond donors (Lipinski definition) is 1. The first kappa shape index (κ1) is 10.9. The predicted octanol–water partition coefficient (Wildman–Crippen LogP) is 3.06. The maximum Gasteiger partial charge on any atom is 0.127 e. The Morgan fingerprint density at radius 3 is 2.83 bits per heavy atom. The normalized spacial score (nSPS) is 34.4.